The summed E-state index contributed by atoms with van der Waals surface area (Å²) in [4.78, 5) is 10.5. The lowest BCUT2D eigenvalue weighted by Crippen LogP contribution is -2.14. The summed E-state index contributed by atoms with van der Waals surface area (Å²) in [5, 5.41) is 0. The molecule has 0 aliphatic rings. The summed E-state index contributed by atoms with van der Waals surface area (Å²) in [6.45, 7) is 0. The maximum absolute atomic E-state index is 12.6. The van der Waals surface area contributed by atoms with Crippen LogP contribution >= 0.6 is 0 Å². The highest BCUT2D eigenvalue weighted by molar-refractivity contribution is 7.79. The summed E-state index contributed by atoms with van der Waals surface area (Å²) in [7, 11) is 0. The van der Waals surface area contributed by atoms with Crippen LogP contribution in [-0.4, -0.2) is 14.7 Å². The lowest BCUT2D eigenvalue weighted by molar-refractivity contribution is 0.0996. The van der Waals surface area contributed by atoms with Crippen LogP contribution in [0.1, 0.15) is 10.4 Å². The normalized spacial score (nSPS) is 12.5. The van der Waals surface area contributed by atoms with Crippen molar-refractivity contribution >= 4 is 17.0 Å². The van der Waals surface area contributed by atoms with Gasteiger partial charge in [0.15, 0.2) is 11.1 Å². The minimum atomic E-state index is -2.34. The van der Waals surface area contributed by atoms with Crippen LogP contribution in [0.4, 0.5) is 4.39 Å². The third-order valence-corrected chi connectivity index (χ3v) is 2.13. The van der Waals surface area contributed by atoms with Crippen LogP contribution in [0.3, 0.4) is 0 Å². The van der Waals surface area contributed by atoms with Gasteiger partial charge in [0.1, 0.15) is 5.82 Å². The molecule has 0 radical (unpaired) electrons. The topological polar surface area (TPSA) is 80.4 Å². The van der Waals surface area contributed by atoms with E-state index in [1.165, 1.54) is 0 Å². The van der Waals surface area contributed by atoms with Crippen molar-refractivity contribution in [3.05, 3.63) is 29.6 Å². The third kappa shape index (κ3) is 2.10. The molecule has 4 nitrogen and oxygen atoms in total. The largest absolute Gasteiger partial charge is 0.366 e. The van der Waals surface area contributed by atoms with Crippen LogP contribution in [-0.2, 0) is 11.1 Å². The second-order valence-corrected chi connectivity index (χ2v) is 3.19. The van der Waals surface area contributed by atoms with Gasteiger partial charge in [0, 0.05) is 0 Å². The van der Waals surface area contributed by atoms with E-state index in [4.69, 9.17) is 10.3 Å². The summed E-state index contributed by atoms with van der Waals surface area (Å²) >= 11 is -2.34. The van der Waals surface area contributed by atoms with Crippen molar-refractivity contribution in [3.8, 4) is 0 Å². The zero-order valence-corrected chi connectivity index (χ0v) is 7.18. The summed E-state index contributed by atoms with van der Waals surface area (Å²) in [6.07, 6.45) is 0. The Morgan fingerprint density at radius 1 is 1.54 bits per heavy atom. The molecule has 0 saturated carbocycles. The molecule has 0 bridgehead atoms. The Hall–Kier alpha value is -1.27. The van der Waals surface area contributed by atoms with Gasteiger partial charge in [0.2, 0.25) is 5.91 Å². The van der Waals surface area contributed by atoms with Gasteiger partial charge in [0.25, 0.3) is 0 Å². The molecular weight excluding hydrogens is 197 g/mol. The minimum Gasteiger partial charge on any atom is -0.366 e. The molecule has 0 fully saturated rings. The van der Waals surface area contributed by atoms with Gasteiger partial charge in [-0.05, 0) is 18.2 Å². The number of amides is 1. The van der Waals surface area contributed by atoms with Gasteiger partial charge in [-0.2, -0.15) is 0 Å². The second kappa shape index (κ2) is 3.63. The molecule has 0 heterocycles. The van der Waals surface area contributed by atoms with Gasteiger partial charge in [-0.15, -0.1) is 0 Å². The Kier molecular flexibility index (Phi) is 2.74. The van der Waals surface area contributed by atoms with Crippen LogP contribution in [0.2, 0.25) is 0 Å². The standard InChI is InChI=1S/C7H6FNO3S/c8-4-1-2-6(13(11)12)5(3-4)7(9)10/h1-3H,(H2,9,10)(H,11,12). The number of rotatable bonds is 2. The first-order valence-corrected chi connectivity index (χ1v) is 4.33. The van der Waals surface area contributed by atoms with E-state index < -0.39 is 22.8 Å². The monoisotopic (exact) mass is 203 g/mol. The van der Waals surface area contributed by atoms with Crippen molar-refractivity contribution < 1.29 is 17.9 Å². The predicted octanol–water partition coefficient (Wildman–Crippen LogP) is 0.505. The fraction of sp³-hybridized carbons (Fsp3) is 0. The molecule has 0 aromatic heterocycles. The molecule has 3 N–H and O–H groups in total. The van der Waals surface area contributed by atoms with E-state index in [1.807, 2.05) is 0 Å². The van der Waals surface area contributed by atoms with E-state index >= 15 is 0 Å². The van der Waals surface area contributed by atoms with E-state index in [-0.39, 0.29) is 10.5 Å². The number of halogens is 1. The Morgan fingerprint density at radius 3 is 2.62 bits per heavy atom. The summed E-state index contributed by atoms with van der Waals surface area (Å²) in [6, 6.07) is 2.85. The van der Waals surface area contributed by atoms with Crippen molar-refractivity contribution in [2.45, 2.75) is 4.90 Å². The molecule has 0 aliphatic heterocycles. The molecular formula is C7H6FNO3S. The molecule has 1 rings (SSSR count). The van der Waals surface area contributed by atoms with Gasteiger partial charge in [0.05, 0.1) is 10.5 Å². The lowest BCUT2D eigenvalue weighted by Gasteiger charge is -2.01. The highest BCUT2D eigenvalue weighted by Gasteiger charge is 2.13. The number of carbonyl (C=O) groups is 1. The first-order valence-electron chi connectivity index (χ1n) is 3.22. The lowest BCUT2D eigenvalue weighted by atomic mass is 10.2. The van der Waals surface area contributed by atoms with Crippen molar-refractivity contribution in [3.63, 3.8) is 0 Å². The number of nitrogens with two attached hydrogens (primary N) is 1. The number of hydrogen-bond donors (Lipinski definition) is 2. The van der Waals surface area contributed by atoms with Crippen LogP contribution in [0.15, 0.2) is 23.1 Å². The number of hydrogen-bond acceptors (Lipinski definition) is 2. The van der Waals surface area contributed by atoms with Gasteiger partial charge < -0.3 is 10.3 Å². The Balaban J connectivity index is 3.35. The fourth-order valence-corrected chi connectivity index (χ4v) is 1.38. The molecule has 1 amide bonds. The average molecular weight is 203 g/mol. The molecule has 13 heavy (non-hydrogen) atoms. The first kappa shape index (κ1) is 9.82. The summed E-state index contributed by atoms with van der Waals surface area (Å²) in [5.41, 5.74) is 4.59. The van der Waals surface area contributed by atoms with E-state index in [1.54, 1.807) is 0 Å². The minimum absolute atomic E-state index is 0.186. The number of carbonyl (C=O) groups excluding carboxylic acids is 1. The molecule has 0 saturated heterocycles. The molecule has 1 atom stereocenters. The Bertz CT molecular complexity index is 380. The predicted molar refractivity (Wildman–Crippen MR) is 44.0 cm³/mol. The van der Waals surface area contributed by atoms with Crippen LogP contribution in [0.5, 0.6) is 0 Å². The van der Waals surface area contributed by atoms with Crippen molar-refractivity contribution in [1.82, 2.24) is 0 Å². The van der Waals surface area contributed by atoms with Crippen molar-refractivity contribution in [1.29, 1.82) is 0 Å². The van der Waals surface area contributed by atoms with Gasteiger partial charge in [-0.3, -0.25) is 4.79 Å². The van der Waals surface area contributed by atoms with Gasteiger partial charge >= 0.3 is 0 Å². The van der Waals surface area contributed by atoms with E-state index in [2.05, 4.69) is 0 Å². The molecule has 1 aromatic carbocycles. The van der Waals surface area contributed by atoms with Crippen LogP contribution in [0, 0.1) is 5.82 Å². The van der Waals surface area contributed by atoms with Crippen molar-refractivity contribution in [2.24, 2.45) is 5.73 Å². The fourth-order valence-electron chi connectivity index (χ4n) is 0.847. The van der Waals surface area contributed by atoms with E-state index in [9.17, 15) is 13.4 Å². The molecule has 1 aromatic rings. The average Bonchev–Trinajstić information content (AvgIpc) is 2.03. The summed E-state index contributed by atoms with van der Waals surface area (Å²) in [5.74, 6) is -1.61. The van der Waals surface area contributed by atoms with E-state index in [0.717, 1.165) is 18.2 Å². The molecule has 6 heteroatoms. The zero-order chi connectivity index (χ0) is 10.0. The SMILES string of the molecule is NC(=O)c1cc(F)ccc1S(=O)O. The first-order chi connectivity index (χ1) is 6.02. The quantitative estimate of drug-likeness (QED) is 0.687. The van der Waals surface area contributed by atoms with Gasteiger partial charge in [-0.25, -0.2) is 8.60 Å². The smallest absolute Gasteiger partial charge is 0.250 e. The summed E-state index contributed by atoms with van der Waals surface area (Å²) < 4.78 is 31.9. The number of primary amides is 1. The highest BCUT2D eigenvalue weighted by atomic mass is 32.2. The molecule has 0 aliphatic carbocycles. The maximum atomic E-state index is 12.6. The molecule has 1 unspecified atom stereocenters. The van der Waals surface area contributed by atoms with Crippen LogP contribution in [0.25, 0.3) is 0 Å². The Labute approximate surface area is 75.8 Å². The van der Waals surface area contributed by atoms with Crippen molar-refractivity contribution in [2.75, 3.05) is 0 Å². The molecule has 0 spiro atoms. The third-order valence-electron chi connectivity index (χ3n) is 1.40. The zero-order valence-electron chi connectivity index (χ0n) is 6.36. The second-order valence-electron chi connectivity index (χ2n) is 2.25. The van der Waals surface area contributed by atoms with E-state index in [0.29, 0.717) is 0 Å². The number of benzene rings is 1. The molecule has 70 valence electrons. The van der Waals surface area contributed by atoms with Crippen LogP contribution < -0.4 is 5.73 Å². The Morgan fingerprint density at radius 2 is 2.15 bits per heavy atom. The highest BCUT2D eigenvalue weighted by Crippen LogP contribution is 2.13. The van der Waals surface area contributed by atoms with Gasteiger partial charge in [-0.1, -0.05) is 0 Å². The maximum Gasteiger partial charge on any atom is 0.250 e.